The monoisotopic (exact) mass is 399 g/mol. The van der Waals surface area contributed by atoms with Crippen LogP contribution in [0.25, 0.3) is 5.70 Å². The number of phenolic OH excluding ortho intramolecular Hbond substituents is 1. The second-order valence-corrected chi connectivity index (χ2v) is 9.56. The molecule has 1 aliphatic heterocycles. The van der Waals surface area contributed by atoms with Gasteiger partial charge in [-0.2, -0.15) is 0 Å². The zero-order valence-corrected chi connectivity index (χ0v) is 17.7. The molecule has 0 bridgehead atoms. The van der Waals surface area contributed by atoms with E-state index >= 15 is 0 Å². The molecule has 2 N–H and O–H groups in total. The second kappa shape index (κ2) is 6.18. The number of hydrogen-bond donors (Lipinski definition) is 2. The quantitative estimate of drug-likeness (QED) is 0.712. The molecule has 4 nitrogen and oxygen atoms in total. The first kappa shape index (κ1) is 18.9. The van der Waals surface area contributed by atoms with Crippen LogP contribution in [-0.2, 0) is 4.79 Å². The van der Waals surface area contributed by atoms with Crippen LogP contribution >= 0.6 is 0 Å². The molecule has 30 heavy (non-hydrogen) atoms. The summed E-state index contributed by atoms with van der Waals surface area (Å²) in [6, 6.07) is 11.5. The van der Waals surface area contributed by atoms with Crippen molar-refractivity contribution in [3.63, 3.8) is 0 Å². The maximum absolute atomic E-state index is 13.5. The van der Waals surface area contributed by atoms with Gasteiger partial charge in [-0.3, -0.25) is 9.59 Å². The number of carbonyl (C=O) groups excluding carboxylic acids is 2. The van der Waals surface area contributed by atoms with Crippen LogP contribution in [-0.4, -0.2) is 16.7 Å². The molecule has 0 saturated heterocycles. The number of fused-ring (bicyclic) bond motifs is 2. The van der Waals surface area contributed by atoms with Gasteiger partial charge in [0.2, 0.25) is 0 Å². The minimum Gasteiger partial charge on any atom is -0.507 e. The van der Waals surface area contributed by atoms with E-state index < -0.39 is 5.92 Å². The van der Waals surface area contributed by atoms with Crippen LogP contribution in [0.2, 0.25) is 0 Å². The van der Waals surface area contributed by atoms with Crippen LogP contribution in [0.5, 0.6) is 5.75 Å². The Bertz CT molecular complexity index is 1190. The maximum atomic E-state index is 13.5. The lowest BCUT2D eigenvalue weighted by molar-refractivity contribution is -0.118. The van der Waals surface area contributed by atoms with Gasteiger partial charge in [-0.1, -0.05) is 50.2 Å². The molecule has 0 saturated carbocycles. The molecule has 0 aromatic heterocycles. The lowest BCUT2D eigenvalue weighted by atomic mass is 9.68. The number of aryl methyl sites for hydroxylation is 2. The molecule has 4 heteroatoms. The van der Waals surface area contributed by atoms with Gasteiger partial charge in [0.25, 0.3) is 0 Å². The van der Waals surface area contributed by atoms with Crippen molar-refractivity contribution in [2.24, 2.45) is 5.41 Å². The smallest absolute Gasteiger partial charge is 0.192 e. The second-order valence-electron chi connectivity index (χ2n) is 9.56. The number of nitrogens with one attached hydrogen (secondary N) is 1. The van der Waals surface area contributed by atoms with Crippen molar-refractivity contribution in [1.82, 2.24) is 5.32 Å². The lowest BCUT2D eigenvalue weighted by Gasteiger charge is -2.39. The number of hydrogen-bond acceptors (Lipinski definition) is 4. The fourth-order valence-corrected chi connectivity index (χ4v) is 5.28. The normalized spacial score (nSPS) is 21.9. The predicted octanol–water partition coefficient (Wildman–Crippen LogP) is 4.95. The fourth-order valence-electron chi connectivity index (χ4n) is 5.28. The van der Waals surface area contributed by atoms with Gasteiger partial charge in [0.05, 0.1) is 5.70 Å². The fraction of sp³-hybridized carbons (Fsp3) is 0.308. The molecule has 0 amide bonds. The van der Waals surface area contributed by atoms with Crippen molar-refractivity contribution >= 4 is 17.3 Å². The van der Waals surface area contributed by atoms with Crippen LogP contribution in [0.4, 0.5) is 0 Å². The Morgan fingerprint density at radius 1 is 0.967 bits per heavy atom. The molecular formula is C26H25NO3. The topological polar surface area (TPSA) is 66.4 Å². The summed E-state index contributed by atoms with van der Waals surface area (Å²) in [5.41, 5.74) is 6.94. The summed E-state index contributed by atoms with van der Waals surface area (Å²) in [6.07, 6.45) is 1.22. The van der Waals surface area contributed by atoms with Crippen molar-refractivity contribution in [2.45, 2.75) is 46.5 Å². The summed E-state index contributed by atoms with van der Waals surface area (Å²) in [5, 5.41) is 13.8. The number of carbonyl (C=O) groups is 2. The Balaban J connectivity index is 1.78. The molecule has 1 atom stereocenters. The van der Waals surface area contributed by atoms with Crippen molar-refractivity contribution in [3.05, 3.63) is 81.1 Å². The third kappa shape index (κ3) is 2.59. The minimum absolute atomic E-state index is 0.0225. The summed E-state index contributed by atoms with van der Waals surface area (Å²) in [5.74, 6) is -0.0888. The van der Waals surface area contributed by atoms with Gasteiger partial charge < -0.3 is 10.4 Å². The van der Waals surface area contributed by atoms with Crippen molar-refractivity contribution < 1.29 is 14.7 Å². The molecule has 0 fully saturated rings. The Kier molecular flexibility index (Phi) is 3.88. The predicted molar refractivity (Wildman–Crippen MR) is 116 cm³/mol. The third-order valence-electron chi connectivity index (χ3n) is 6.57. The standard InChI is InChI=1S/C26H25NO3/c1-13-9-15(10-14(2)24(13)29)20-21-18(11-26(3,4)12-19(21)28)27-23-16-7-5-6-8-17(16)25(30)22(20)23/h5-10,20,27,29H,11-12H2,1-4H3. The van der Waals surface area contributed by atoms with Crippen molar-refractivity contribution in [2.75, 3.05) is 0 Å². The van der Waals surface area contributed by atoms with E-state index in [1.165, 1.54) is 0 Å². The molecule has 152 valence electrons. The molecule has 2 aliphatic carbocycles. The van der Waals surface area contributed by atoms with Gasteiger partial charge in [0.1, 0.15) is 5.75 Å². The Morgan fingerprint density at radius 2 is 1.60 bits per heavy atom. The van der Waals surface area contributed by atoms with Gasteiger partial charge in [-0.15, -0.1) is 0 Å². The van der Waals surface area contributed by atoms with Gasteiger partial charge in [0, 0.05) is 40.3 Å². The van der Waals surface area contributed by atoms with Crippen LogP contribution in [0.15, 0.2) is 53.2 Å². The zero-order chi connectivity index (χ0) is 21.4. The Morgan fingerprint density at radius 3 is 2.27 bits per heavy atom. The summed E-state index contributed by atoms with van der Waals surface area (Å²) in [6.45, 7) is 7.93. The average Bonchev–Trinajstić information content (AvgIpc) is 2.96. The zero-order valence-electron chi connectivity index (χ0n) is 17.7. The van der Waals surface area contributed by atoms with Crippen molar-refractivity contribution in [3.8, 4) is 5.75 Å². The molecule has 1 unspecified atom stereocenters. The molecule has 3 aliphatic rings. The third-order valence-corrected chi connectivity index (χ3v) is 6.57. The van der Waals surface area contributed by atoms with E-state index in [0.29, 0.717) is 23.1 Å². The lowest BCUT2D eigenvalue weighted by Crippen LogP contribution is -2.37. The highest BCUT2D eigenvalue weighted by molar-refractivity contribution is 6.23. The van der Waals surface area contributed by atoms with Gasteiger partial charge in [-0.05, 0) is 42.4 Å². The van der Waals surface area contributed by atoms with E-state index in [2.05, 4.69) is 19.2 Å². The van der Waals surface area contributed by atoms with E-state index in [0.717, 1.165) is 40.1 Å². The molecule has 0 radical (unpaired) electrons. The number of Topliss-reactive ketones (excluding diaryl/α,β-unsaturated/α-hetero) is 2. The molecule has 0 spiro atoms. The Hall–Kier alpha value is -3.14. The first-order valence-electron chi connectivity index (χ1n) is 10.4. The number of aromatic hydroxyl groups is 1. The number of rotatable bonds is 1. The van der Waals surface area contributed by atoms with Gasteiger partial charge >= 0.3 is 0 Å². The number of benzene rings is 2. The summed E-state index contributed by atoms with van der Waals surface area (Å²) in [4.78, 5) is 26.8. The number of dihydropyridines is 1. The molecule has 2 aromatic carbocycles. The largest absolute Gasteiger partial charge is 0.507 e. The first-order chi connectivity index (χ1) is 14.2. The molecule has 2 aromatic rings. The Labute approximate surface area is 176 Å². The van der Waals surface area contributed by atoms with E-state index in [1.807, 2.05) is 50.2 Å². The van der Waals surface area contributed by atoms with Gasteiger partial charge in [-0.25, -0.2) is 0 Å². The number of ketones is 2. The van der Waals surface area contributed by atoms with E-state index in [4.69, 9.17) is 0 Å². The molecular weight excluding hydrogens is 374 g/mol. The van der Waals surface area contributed by atoms with E-state index in [1.54, 1.807) is 0 Å². The summed E-state index contributed by atoms with van der Waals surface area (Å²) >= 11 is 0. The van der Waals surface area contributed by atoms with E-state index in [-0.39, 0.29) is 22.7 Å². The molecule has 1 heterocycles. The highest BCUT2D eigenvalue weighted by Gasteiger charge is 2.46. The maximum Gasteiger partial charge on any atom is 0.192 e. The summed E-state index contributed by atoms with van der Waals surface area (Å²) < 4.78 is 0. The number of allylic oxidation sites excluding steroid dienone is 3. The van der Waals surface area contributed by atoms with E-state index in [9.17, 15) is 14.7 Å². The van der Waals surface area contributed by atoms with Crippen LogP contribution < -0.4 is 5.32 Å². The first-order valence-corrected chi connectivity index (χ1v) is 10.4. The average molecular weight is 399 g/mol. The number of phenols is 1. The van der Waals surface area contributed by atoms with Crippen LogP contribution in [0.1, 0.15) is 65.2 Å². The highest BCUT2D eigenvalue weighted by atomic mass is 16.3. The minimum atomic E-state index is -0.419. The van der Waals surface area contributed by atoms with Crippen molar-refractivity contribution in [1.29, 1.82) is 0 Å². The SMILES string of the molecule is Cc1cc(C2C3=C(CC(C)(C)CC3=O)NC3=C2C(=O)c2ccccc23)cc(C)c1O. The summed E-state index contributed by atoms with van der Waals surface area (Å²) in [7, 11) is 0. The van der Waals surface area contributed by atoms with Gasteiger partial charge in [0.15, 0.2) is 11.6 Å². The van der Waals surface area contributed by atoms with Crippen LogP contribution in [0, 0.1) is 19.3 Å². The van der Waals surface area contributed by atoms with Crippen LogP contribution in [0.3, 0.4) is 0 Å². The highest BCUT2D eigenvalue weighted by Crippen LogP contribution is 2.51. The molecule has 5 rings (SSSR count).